The molecule has 0 aromatic rings. The summed E-state index contributed by atoms with van der Waals surface area (Å²) in [6.45, 7) is 0. The van der Waals surface area contributed by atoms with Crippen LogP contribution in [-0.2, 0) is 23.1 Å². The summed E-state index contributed by atoms with van der Waals surface area (Å²) in [6, 6.07) is 0. The fourth-order valence-electron chi connectivity index (χ4n) is 0.203. The molecule has 0 atom stereocenters. The quantitative estimate of drug-likeness (QED) is 0.446. The van der Waals surface area contributed by atoms with E-state index in [4.69, 9.17) is 10.5 Å². The Morgan fingerprint density at radius 3 is 2.67 bits per heavy atom. The van der Waals surface area contributed by atoms with Crippen molar-refractivity contribution in [1.82, 2.24) is 0 Å². The van der Waals surface area contributed by atoms with Gasteiger partial charge in [0, 0.05) is 0 Å². The van der Waals surface area contributed by atoms with E-state index in [0.717, 1.165) is 11.8 Å². The Kier molecular flexibility index (Phi) is 8.68. The third kappa shape index (κ3) is 8.36. The molecule has 0 saturated heterocycles. The van der Waals surface area contributed by atoms with Crippen molar-refractivity contribution >= 4 is 20.0 Å². The summed E-state index contributed by atoms with van der Waals surface area (Å²) in [7, 11) is 1.38. The molecule has 0 rings (SSSR count). The second kappa shape index (κ2) is 8.36. The van der Waals surface area contributed by atoms with E-state index in [1.54, 1.807) is 5.41 Å². The molecule has 0 radical (unpaired) electrons. The van der Waals surface area contributed by atoms with Gasteiger partial charge in [0.1, 0.15) is 0 Å². The zero-order valence-corrected chi connectivity index (χ0v) is 11.7. The molecule has 5 heteroatoms. The fourth-order valence-corrected chi connectivity index (χ4v) is 6.71. The maximum atomic E-state index is 8.09. The van der Waals surface area contributed by atoms with Gasteiger partial charge in [0.15, 0.2) is 0 Å². The van der Waals surface area contributed by atoms with Gasteiger partial charge >= 0.3 is 73.4 Å². The Morgan fingerprint density at radius 1 is 1.33 bits per heavy atom. The summed E-state index contributed by atoms with van der Waals surface area (Å²) in [4.78, 5) is 0. The molecule has 2 nitrogen and oxygen atoms in total. The van der Waals surface area contributed by atoms with Gasteiger partial charge in [-0.3, -0.25) is 0 Å². The Balaban J connectivity index is 3.09. The number of nitriles is 2. The van der Waals surface area contributed by atoms with Gasteiger partial charge in [0.25, 0.3) is 0 Å². The van der Waals surface area contributed by atoms with E-state index >= 15 is 0 Å². The zero-order valence-electron chi connectivity index (χ0n) is 4.57. The minimum atomic E-state index is -1.04. The molecule has 0 fully saturated rings. The van der Waals surface area contributed by atoms with Crippen LogP contribution in [-0.4, -0.2) is 0 Å². The van der Waals surface area contributed by atoms with Crippen LogP contribution in [0.5, 0.6) is 0 Å². The zero-order chi connectivity index (χ0) is 6.95. The number of thiocyanates is 2. The van der Waals surface area contributed by atoms with E-state index in [1.165, 1.54) is 8.24 Å². The van der Waals surface area contributed by atoms with Gasteiger partial charge in [-0.1, -0.05) is 0 Å². The van der Waals surface area contributed by atoms with E-state index < -0.39 is 23.1 Å². The van der Waals surface area contributed by atoms with E-state index in [1.807, 2.05) is 14.4 Å². The van der Waals surface area contributed by atoms with Gasteiger partial charge in [-0.05, 0) is 0 Å². The molecule has 0 spiro atoms. The van der Waals surface area contributed by atoms with Crippen LogP contribution < -0.4 is 0 Å². The van der Waals surface area contributed by atoms with Crippen molar-refractivity contribution in [1.29, 1.82) is 10.5 Å². The van der Waals surface area contributed by atoms with Gasteiger partial charge in [-0.15, -0.1) is 0 Å². The van der Waals surface area contributed by atoms with Crippen LogP contribution in [0.4, 0.5) is 0 Å². The third-order valence-corrected chi connectivity index (χ3v) is 9.32. The molecule has 0 aliphatic carbocycles. The van der Waals surface area contributed by atoms with Crippen molar-refractivity contribution in [3.8, 4) is 10.8 Å². The molecular weight excluding hydrogens is 341 g/mol. The molecule has 0 aliphatic heterocycles. The minimum absolute atomic E-state index is 1.04. The first-order chi connectivity index (χ1) is 4.41. The molecule has 0 bridgehead atoms. The van der Waals surface area contributed by atoms with E-state index in [0.29, 0.717) is 0 Å². The normalized spacial score (nSPS) is 7.78. The van der Waals surface area contributed by atoms with Crippen LogP contribution in [0.1, 0.15) is 0 Å². The Labute approximate surface area is 72.9 Å². The van der Waals surface area contributed by atoms with Gasteiger partial charge in [0.2, 0.25) is 0 Å². The standard InChI is InChI=1S/C3H2NS.CHNS.Hg/c1-2-5-3-4;2-1-3;/h1-2H;3H;/q;;+1/p-1. The molecule has 0 aliphatic rings. The summed E-state index contributed by atoms with van der Waals surface area (Å²) in [5, 5.41) is 21.8. The molecular formula is C4H2HgN2S2. The van der Waals surface area contributed by atoms with Crippen LogP contribution in [0.25, 0.3) is 0 Å². The van der Waals surface area contributed by atoms with Gasteiger partial charge in [0.05, 0.1) is 0 Å². The molecule has 0 heterocycles. The number of rotatable bonds is 3. The molecule has 9 heavy (non-hydrogen) atoms. The van der Waals surface area contributed by atoms with Crippen molar-refractivity contribution < 1.29 is 23.1 Å². The van der Waals surface area contributed by atoms with E-state index in [-0.39, 0.29) is 0 Å². The van der Waals surface area contributed by atoms with E-state index in [9.17, 15) is 0 Å². The summed E-state index contributed by atoms with van der Waals surface area (Å²) in [5.41, 5.74) is 0. The summed E-state index contributed by atoms with van der Waals surface area (Å²) < 4.78 is 2.00. The Bertz CT molecular complexity index is 166. The first kappa shape index (κ1) is 9.36. The van der Waals surface area contributed by atoms with Crippen molar-refractivity contribution in [2.45, 2.75) is 0 Å². The Morgan fingerprint density at radius 2 is 2.11 bits per heavy atom. The number of hydrogen-bond donors (Lipinski definition) is 0. The van der Waals surface area contributed by atoms with Crippen LogP contribution in [0.15, 0.2) is 8.99 Å². The molecule has 42 valence electrons. The maximum absolute atomic E-state index is 8.09. The van der Waals surface area contributed by atoms with Crippen LogP contribution in [0.2, 0.25) is 0 Å². The van der Waals surface area contributed by atoms with Gasteiger partial charge in [-0.25, -0.2) is 0 Å². The molecule has 0 aromatic carbocycles. The summed E-state index contributed by atoms with van der Waals surface area (Å²) >= 11 is 0.0720. The topological polar surface area (TPSA) is 47.6 Å². The number of nitrogens with zero attached hydrogens (tertiary/aromatic N) is 2. The average molecular weight is 343 g/mol. The summed E-state index contributed by atoms with van der Waals surface area (Å²) in [5.74, 6) is 0. The first-order valence-electron chi connectivity index (χ1n) is 2.12. The molecule has 0 aromatic heterocycles. The summed E-state index contributed by atoms with van der Waals surface area (Å²) in [6.07, 6.45) is 0. The van der Waals surface area contributed by atoms with Crippen molar-refractivity contribution in [2.75, 3.05) is 0 Å². The van der Waals surface area contributed by atoms with Crippen molar-refractivity contribution in [2.24, 2.45) is 0 Å². The fraction of sp³-hybridized carbons (Fsp3) is 0. The monoisotopic (exact) mass is 344 g/mol. The van der Waals surface area contributed by atoms with Gasteiger partial charge < -0.3 is 0 Å². The van der Waals surface area contributed by atoms with Gasteiger partial charge in [-0.2, -0.15) is 0 Å². The molecule has 0 N–H and O–H groups in total. The second-order valence-electron chi connectivity index (χ2n) is 0.983. The molecule has 0 unspecified atom stereocenters. The van der Waals surface area contributed by atoms with Crippen molar-refractivity contribution in [3.05, 3.63) is 8.99 Å². The number of hydrogen-bond acceptors (Lipinski definition) is 4. The third-order valence-electron chi connectivity index (χ3n) is 0.461. The van der Waals surface area contributed by atoms with E-state index in [2.05, 4.69) is 0 Å². The second-order valence-corrected chi connectivity index (χ2v) is 11.6. The number of thioether (sulfide) groups is 1. The SMILES string of the molecule is N#CSC=[CH][Hg][S]C#N. The van der Waals surface area contributed by atoms with Crippen molar-refractivity contribution in [3.63, 3.8) is 0 Å². The molecule has 0 amide bonds. The average Bonchev–Trinajstić information content (AvgIpc) is 1.89. The first-order valence-corrected chi connectivity index (χ1v) is 13.9. The molecule has 0 saturated carbocycles. The predicted octanol–water partition coefficient (Wildman–Crippen LogP) is 1.88. The van der Waals surface area contributed by atoms with Crippen LogP contribution >= 0.6 is 20.0 Å². The van der Waals surface area contributed by atoms with Crippen LogP contribution in [0.3, 0.4) is 0 Å². The van der Waals surface area contributed by atoms with Crippen LogP contribution in [0, 0.1) is 21.3 Å². The Hall–Kier alpha value is 0.355. The predicted molar refractivity (Wildman–Crippen MR) is 35.5 cm³/mol.